The lowest BCUT2D eigenvalue weighted by atomic mass is 9.85. The number of carbonyl (C=O) groups excluding carboxylic acids is 2. The number of nitrogens with zero attached hydrogens (tertiary/aromatic N) is 1. The lowest BCUT2D eigenvalue weighted by Crippen LogP contribution is -2.33. The Morgan fingerprint density at radius 2 is 1.53 bits per heavy atom. The van der Waals surface area contributed by atoms with E-state index in [0.29, 0.717) is 6.54 Å². The van der Waals surface area contributed by atoms with Crippen molar-refractivity contribution in [1.29, 1.82) is 0 Å². The number of ether oxygens (including phenoxy) is 1. The molecule has 2 amide bonds. The largest absolute Gasteiger partial charge is 0.365 e. The molecule has 2 saturated heterocycles. The van der Waals surface area contributed by atoms with E-state index in [1.807, 2.05) is 42.5 Å². The molecule has 0 radical (unpaired) electrons. The molecule has 3 aliphatic rings. The fourth-order valence-corrected chi connectivity index (χ4v) is 3.29. The predicted octanol–water partition coefficient (Wildman–Crippen LogP) is 1.12. The maximum absolute atomic E-state index is 12.4. The summed E-state index contributed by atoms with van der Waals surface area (Å²) in [4.78, 5) is 26.2. The first-order valence-corrected chi connectivity index (χ1v) is 6.48. The van der Waals surface area contributed by atoms with Crippen LogP contribution in [0.5, 0.6) is 0 Å². The molecule has 4 atom stereocenters. The molecule has 2 bridgehead atoms. The SMILES string of the molecule is O=C1[C@H]2[C@H](C(=O)N1Cc1ccccc1)[C@H]1C=C[C@H]2O1. The Bertz CT molecular complexity index is 550. The lowest BCUT2D eigenvalue weighted by molar-refractivity contribution is -0.143. The van der Waals surface area contributed by atoms with E-state index < -0.39 is 0 Å². The molecule has 0 aliphatic carbocycles. The van der Waals surface area contributed by atoms with Crippen molar-refractivity contribution < 1.29 is 14.3 Å². The van der Waals surface area contributed by atoms with Gasteiger partial charge in [0.25, 0.3) is 0 Å². The summed E-state index contributed by atoms with van der Waals surface area (Å²) in [5, 5.41) is 0. The minimum Gasteiger partial charge on any atom is -0.365 e. The number of amides is 2. The van der Waals surface area contributed by atoms with Crippen LogP contribution in [0.2, 0.25) is 0 Å². The quantitative estimate of drug-likeness (QED) is 0.588. The number of imide groups is 1. The van der Waals surface area contributed by atoms with Crippen LogP contribution in [0.25, 0.3) is 0 Å². The number of hydrogen-bond acceptors (Lipinski definition) is 3. The van der Waals surface area contributed by atoms with Gasteiger partial charge in [-0.25, -0.2) is 0 Å². The van der Waals surface area contributed by atoms with Crippen molar-refractivity contribution in [3.05, 3.63) is 48.0 Å². The minimum atomic E-state index is -0.300. The minimum absolute atomic E-state index is 0.0873. The highest BCUT2D eigenvalue weighted by atomic mass is 16.5. The Balaban J connectivity index is 1.62. The second-order valence-electron chi connectivity index (χ2n) is 5.25. The lowest BCUT2D eigenvalue weighted by Gasteiger charge is -2.17. The standard InChI is InChI=1S/C15H13NO3/c17-14-12-10-6-7-11(19-10)13(12)15(18)16(14)8-9-4-2-1-3-5-9/h1-7,10-13H,8H2/t10-,11-,12-,13-/m1/s1. The summed E-state index contributed by atoms with van der Waals surface area (Å²) >= 11 is 0. The van der Waals surface area contributed by atoms with Crippen molar-refractivity contribution in [3.63, 3.8) is 0 Å². The van der Waals surface area contributed by atoms with Crippen molar-refractivity contribution in [2.75, 3.05) is 0 Å². The zero-order valence-corrected chi connectivity index (χ0v) is 10.2. The summed E-state index contributed by atoms with van der Waals surface area (Å²) in [6, 6.07) is 9.60. The van der Waals surface area contributed by atoms with Crippen LogP contribution in [0.1, 0.15) is 5.56 Å². The van der Waals surface area contributed by atoms with Crippen LogP contribution < -0.4 is 0 Å². The van der Waals surface area contributed by atoms with Crippen molar-refractivity contribution in [1.82, 2.24) is 4.90 Å². The third-order valence-electron chi connectivity index (χ3n) is 4.19. The van der Waals surface area contributed by atoms with Gasteiger partial charge in [0.05, 0.1) is 30.6 Å². The number of fused-ring (bicyclic) bond motifs is 5. The maximum Gasteiger partial charge on any atom is 0.236 e. The molecule has 1 aromatic carbocycles. The van der Waals surface area contributed by atoms with Gasteiger partial charge in [-0.05, 0) is 5.56 Å². The Morgan fingerprint density at radius 1 is 0.947 bits per heavy atom. The molecule has 0 spiro atoms. The molecule has 19 heavy (non-hydrogen) atoms. The van der Waals surface area contributed by atoms with Gasteiger partial charge in [0.2, 0.25) is 11.8 Å². The van der Waals surface area contributed by atoms with E-state index in [0.717, 1.165) is 5.56 Å². The number of carbonyl (C=O) groups is 2. The van der Waals surface area contributed by atoms with E-state index in [1.165, 1.54) is 4.90 Å². The molecular weight excluding hydrogens is 242 g/mol. The fourth-order valence-electron chi connectivity index (χ4n) is 3.29. The summed E-state index contributed by atoms with van der Waals surface area (Å²) in [7, 11) is 0. The van der Waals surface area contributed by atoms with Gasteiger partial charge in [0, 0.05) is 0 Å². The topological polar surface area (TPSA) is 46.6 Å². The molecule has 0 aromatic heterocycles. The van der Waals surface area contributed by atoms with Crippen LogP contribution in [0, 0.1) is 11.8 Å². The van der Waals surface area contributed by atoms with E-state index in [-0.39, 0.29) is 35.9 Å². The van der Waals surface area contributed by atoms with Crippen molar-refractivity contribution >= 4 is 11.8 Å². The molecular formula is C15H13NO3. The van der Waals surface area contributed by atoms with Gasteiger partial charge >= 0.3 is 0 Å². The molecule has 0 saturated carbocycles. The number of benzene rings is 1. The normalized spacial score (nSPS) is 35.3. The molecule has 0 unspecified atom stereocenters. The van der Waals surface area contributed by atoms with Gasteiger partial charge in [-0.2, -0.15) is 0 Å². The van der Waals surface area contributed by atoms with Crippen LogP contribution >= 0.6 is 0 Å². The summed E-state index contributed by atoms with van der Waals surface area (Å²) in [6.07, 6.45) is 3.41. The molecule has 4 heteroatoms. The van der Waals surface area contributed by atoms with E-state index in [2.05, 4.69) is 0 Å². The zero-order valence-electron chi connectivity index (χ0n) is 10.2. The number of likely N-dealkylation sites (tertiary alicyclic amines) is 1. The van der Waals surface area contributed by atoms with Crippen molar-refractivity contribution in [3.8, 4) is 0 Å². The van der Waals surface area contributed by atoms with Gasteiger partial charge in [0.1, 0.15) is 0 Å². The second kappa shape index (κ2) is 3.78. The molecule has 1 aromatic rings. The Labute approximate surface area is 110 Å². The molecule has 4 nitrogen and oxygen atoms in total. The smallest absolute Gasteiger partial charge is 0.236 e. The first-order valence-electron chi connectivity index (χ1n) is 6.48. The van der Waals surface area contributed by atoms with Gasteiger partial charge in [-0.1, -0.05) is 42.5 Å². The molecule has 3 heterocycles. The van der Waals surface area contributed by atoms with E-state index in [1.54, 1.807) is 0 Å². The summed E-state index contributed by atoms with van der Waals surface area (Å²) in [6.45, 7) is 0.366. The van der Waals surface area contributed by atoms with Gasteiger partial charge in [0.15, 0.2) is 0 Å². The van der Waals surface area contributed by atoms with Gasteiger partial charge in [-0.15, -0.1) is 0 Å². The molecule has 0 N–H and O–H groups in total. The predicted molar refractivity (Wildman–Crippen MR) is 66.8 cm³/mol. The number of rotatable bonds is 2. The average Bonchev–Trinajstić information content (AvgIpc) is 3.10. The van der Waals surface area contributed by atoms with Crippen LogP contribution in [-0.2, 0) is 20.9 Å². The van der Waals surface area contributed by atoms with Crippen LogP contribution in [-0.4, -0.2) is 28.9 Å². The molecule has 2 fully saturated rings. The van der Waals surface area contributed by atoms with Crippen LogP contribution in [0.15, 0.2) is 42.5 Å². The van der Waals surface area contributed by atoms with Gasteiger partial charge in [-0.3, -0.25) is 14.5 Å². The first-order chi connectivity index (χ1) is 9.25. The van der Waals surface area contributed by atoms with E-state index in [4.69, 9.17) is 4.74 Å². The van der Waals surface area contributed by atoms with Crippen LogP contribution in [0.3, 0.4) is 0 Å². The maximum atomic E-state index is 12.4. The summed E-state index contributed by atoms with van der Waals surface area (Å²) in [5.41, 5.74) is 0.977. The molecule has 3 aliphatic heterocycles. The van der Waals surface area contributed by atoms with Gasteiger partial charge < -0.3 is 4.74 Å². The zero-order chi connectivity index (χ0) is 13.0. The van der Waals surface area contributed by atoms with Crippen molar-refractivity contribution in [2.24, 2.45) is 11.8 Å². The Kier molecular flexibility index (Phi) is 2.17. The Hall–Kier alpha value is -1.94. The molecule has 4 rings (SSSR count). The summed E-state index contributed by atoms with van der Waals surface area (Å²) in [5.74, 6) is -0.774. The number of hydrogen-bond donors (Lipinski definition) is 0. The second-order valence-corrected chi connectivity index (χ2v) is 5.25. The molecule has 96 valence electrons. The van der Waals surface area contributed by atoms with Crippen LogP contribution in [0.4, 0.5) is 0 Å². The summed E-state index contributed by atoms with van der Waals surface area (Å²) < 4.78 is 5.60. The fraction of sp³-hybridized carbons (Fsp3) is 0.333. The highest BCUT2D eigenvalue weighted by Gasteiger charge is 2.60. The van der Waals surface area contributed by atoms with E-state index in [9.17, 15) is 9.59 Å². The third kappa shape index (κ3) is 1.43. The first kappa shape index (κ1) is 10.9. The third-order valence-corrected chi connectivity index (χ3v) is 4.19. The van der Waals surface area contributed by atoms with E-state index >= 15 is 0 Å². The van der Waals surface area contributed by atoms with Crippen molar-refractivity contribution in [2.45, 2.75) is 18.8 Å². The average molecular weight is 255 g/mol. The highest BCUT2D eigenvalue weighted by molar-refractivity contribution is 6.06. The monoisotopic (exact) mass is 255 g/mol. The highest BCUT2D eigenvalue weighted by Crippen LogP contribution is 2.45. The Morgan fingerprint density at radius 3 is 2.11 bits per heavy atom.